The van der Waals surface area contributed by atoms with Gasteiger partial charge in [-0.3, -0.25) is 0 Å². The van der Waals surface area contributed by atoms with Gasteiger partial charge in [-0.2, -0.15) is 0 Å². The minimum atomic E-state index is -1.90. The zero-order valence-corrected chi connectivity index (χ0v) is 8.28. The van der Waals surface area contributed by atoms with Crippen molar-refractivity contribution in [3.63, 3.8) is 0 Å². The molecule has 11 heavy (non-hydrogen) atoms. The monoisotopic (exact) mass is 234 g/mol. The third-order valence-electron chi connectivity index (χ3n) is 1.27. The smallest absolute Gasteiger partial charge is 0.187 e. The van der Waals surface area contributed by atoms with Crippen LogP contribution in [0.3, 0.4) is 0 Å². The van der Waals surface area contributed by atoms with Gasteiger partial charge in [0.25, 0.3) is 0 Å². The molecule has 0 aliphatic carbocycles. The molecule has 1 atom stereocenters. The Kier molecular flexibility index (Phi) is 2.81. The van der Waals surface area contributed by atoms with Crippen LogP contribution in [0.4, 0.5) is 0 Å². The van der Waals surface area contributed by atoms with Gasteiger partial charge >= 0.3 is 0 Å². The second kappa shape index (κ2) is 3.47. The molecule has 4 heteroatoms. The molecule has 0 heterocycles. The molecule has 2 nitrogen and oxygen atoms in total. The van der Waals surface area contributed by atoms with Gasteiger partial charge in [-0.05, 0) is 40.5 Å². The Bertz CT molecular complexity index is 298. The second-order valence-electron chi connectivity index (χ2n) is 2.18. The lowest BCUT2D eigenvalue weighted by Crippen LogP contribution is -1.90. The SMILES string of the molecule is Cc1ccc(Br)c(S(=O)O)c1. The maximum absolute atomic E-state index is 10.7. The van der Waals surface area contributed by atoms with Crippen molar-refractivity contribution in [3.8, 4) is 0 Å². The fraction of sp³-hybridized carbons (Fsp3) is 0.143. The summed E-state index contributed by atoms with van der Waals surface area (Å²) in [5.41, 5.74) is 0.977. The van der Waals surface area contributed by atoms with E-state index in [2.05, 4.69) is 15.9 Å². The van der Waals surface area contributed by atoms with Gasteiger partial charge in [0.1, 0.15) is 0 Å². The van der Waals surface area contributed by atoms with Crippen LogP contribution in [0.25, 0.3) is 0 Å². The van der Waals surface area contributed by atoms with Crippen molar-refractivity contribution in [1.82, 2.24) is 0 Å². The summed E-state index contributed by atoms with van der Waals surface area (Å²) in [4.78, 5) is 0.421. The molecule has 0 aliphatic heterocycles. The van der Waals surface area contributed by atoms with E-state index < -0.39 is 11.1 Å². The van der Waals surface area contributed by atoms with Crippen LogP contribution in [-0.4, -0.2) is 8.76 Å². The first-order chi connectivity index (χ1) is 5.11. The Hall–Kier alpha value is -0.190. The van der Waals surface area contributed by atoms with Crippen LogP contribution in [0.1, 0.15) is 5.56 Å². The maximum atomic E-state index is 10.7. The molecule has 0 aromatic heterocycles. The van der Waals surface area contributed by atoms with E-state index in [1.165, 1.54) is 0 Å². The Morgan fingerprint density at radius 3 is 2.64 bits per heavy atom. The van der Waals surface area contributed by atoms with Crippen molar-refractivity contribution in [2.45, 2.75) is 11.8 Å². The molecule has 60 valence electrons. The van der Waals surface area contributed by atoms with E-state index in [0.29, 0.717) is 9.37 Å². The van der Waals surface area contributed by atoms with Crippen LogP contribution in [0.2, 0.25) is 0 Å². The lowest BCUT2D eigenvalue weighted by Gasteiger charge is -1.99. The van der Waals surface area contributed by atoms with Crippen LogP contribution >= 0.6 is 15.9 Å². The molecule has 1 N–H and O–H groups in total. The topological polar surface area (TPSA) is 37.3 Å². The number of rotatable bonds is 1. The Balaban J connectivity index is 3.23. The fourth-order valence-corrected chi connectivity index (χ4v) is 1.93. The molecule has 1 unspecified atom stereocenters. The van der Waals surface area contributed by atoms with Gasteiger partial charge in [0.15, 0.2) is 11.1 Å². The number of aryl methyl sites for hydroxylation is 1. The highest BCUT2D eigenvalue weighted by molar-refractivity contribution is 9.10. The van der Waals surface area contributed by atoms with Crippen LogP contribution in [0.15, 0.2) is 27.6 Å². The summed E-state index contributed by atoms with van der Waals surface area (Å²) < 4.78 is 20.1. The molecule has 0 fully saturated rings. The predicted octanol–water partition coefficient (Wildman–Crippen LogP) is 2.34. The van der Waals surface area contributed by atoms with Crippen LogP contribution in [0, 0.1) is 6.92 Å². The van der Waals surface area contributed by atoms with Gasteiger partial charge in [0, 0.05) is 4.47 Å². The normalized spacial score (nSPS) is 13.0. The first-order valence-corrected chi connectivity index (χ1v) is 4.88. The number of hydrogen-bond acceptors (Lipinski definition) is 1. The molecule has 1 rings (SSSR count). The van der Waals surface area contributed by atoms with Gasteiger partial charge in [-0.1, -0.05) is 6.07 Å². The van der Waals surface area contributed by atoms with Crippen LogP contribution in [-0.2, 0) is 11.1 Å². The molecule has 1 aromatic rings. The molecule has 0 amide bonds. The zero-order valence-electron chi connectivity index (χ0n) is 5.87. The van der Waals surface area contributed by atoms with E-state index in [1.54, 1.807) is 12.1 Å². The average Bonchev–Trinajstić information content (AvgIpc) is 1.94. The number of hydrogen-bond donors (Lipinski definition) is 1. The van der Waals surface area contributed by atoms with Gasteiger partial charge in [-0.25, -0.2) is 4.21 Å². The predicted molar refractivity (Wildman–Crippen MR) is 47.9 cm³/mol. The first kappa shape index (κ1) is 8.90. The Labute approximate surface area is 76.0 Å². The average molecular weight is 235 g/mol. The summed E-state index contributed by atoms with van der Waals surface area (Å²) in [7, 11) is 0. The third-order valence-corrected chi connectivity index (χ3v) is 2.94. The summed E-state index contributed by atoms with van der Waals surface area (Å²) in [5, 5.41) is 0. The quantitative estimate of drug-likeness (QED) is 0.758. The highest BCUT2D eigenvalue weighted by Crippen LogP contribution is 2.20. The molecular formula is C7H7BrO2S. The zero-order chi connectivity index (χ0) is 8.43. The highest BCUT2D eigenvalue weighted by atomic mass is 79.9. The van der Waals surface area contributed by atoms with Crippen molar-refractivity contribution in [1.29, 1.82) is 0 Å². The lowest BCUT2D eigenvalue weighted by atomic mass is 10.2. The number of halogens is 1. The summed E-state index contributed by atoms with van der Waals surface area (Å²) >= 11 is 1.28. The van der Waals surface area contributed by atoms with Crippen molar-refractivity contribution < 1.29 is 8.76 Å². The summed E-state index contributed by atoms with van der Waals surface area (Å²) in [6.45, 7) is 1.88. The van der Waals surface area contributed by atoms with Crippen LogP contribution in [0.5, 0.6) is 0 Å². The number of benzene rings is 1. The minimum Gasteiger partial charge on any atom is -0.302 e. The molecule has 0 bridgehead atoms. The molecule has 0 saturated heterocycles. The largest absolute Gasteiger partial charge is 0.302 e. The Morgan fingerprint density at radius 1 is 1.55 bits per heavy atom. The lowest BCUT2D eigenvalue weighted by molar-refractivity contribution is 0.564. The van der Waals surface area contributed by atoms with Gasteiger partial charge in [0.05, 0.1) is 4.90 Å². The van der Waals surface area contributed by atoms with Gasteiger partial charge < -0.3 is 4.55 Å². The highest BCUT2D eigenvalue weighted by Gasteiger charge is 2.04. The molecule has 1 aromatic carbocycles. The summed E-state index contributed by atoms with van der Waals surface area (Å²) in [6, 6.07) is 5.32. The molecule has 0 spiro atoms. The summed E-state index contributed by atoms with van der Waals surface area (Å²) in [6.07, 6.45) is 0. The maximum Gasteiger partial charge on any atom is 0.187 e. The van der Waals surface area contributed by atoms with E-state index in [1.807, 2.05) is 13.0 Å². The van der Waals surface area contributed by atoms with Crippen LogP contribution < -0.4 is 0 Å². The van der Waals surface area contributed by atoms with Crippen molar-refractivity contribution in [3.05, 3.63) is 28.2 Å². The van der Waals surface area contributed by atoms with E-state index >= 15 is 0 Å². The van der Waals surface area contributed by atoms with Gasteiger partial charge in [0.2, 0.25) is 0 Å². The van der Waals surface area contributed by atoms with E-state index in [4.69, 9.17) is 4.55 Å². The van der Waals surface area contributed by atoms with Gasteiger partial charge in [-0.15, -0.1) is 0 Å². The Morgan fingerprint density at radius 2 is 2.18 bits per heavy atom. The van der Waals surface area contributed by atoms with E-state index in [9.17, 15) is 4.21 Å². The molecular weight excluding hydrogens is 228 g/mol. The van der Waals surface area contributed by atoms with Crippen molar-refractivity contribution in [2.75, 3.05) is 0 Å². The van der Waals surface area contributed by atoms with Crippen molar-refractivity contribution in [2.24, 2.45) is 0 Å². The molecule has 0 aliphatic rings. The molecule has 0 saturated carbocycles. The minimum absolute atomic E-state index is 0.421. The third kappa shape index (κ3) is 2.12. The molecule has 0 radical (unpaired) electrons. The summed E-state index contributed by atoms with van der Waals surface area (Å²) in [5.74, 6) is 0. The van der Waals surface area contributed by atoms with Crippen molar-refractivity contribution >= 4 is 27.0 Å². The van der Waals surface area contributed by atoms with E-state index in [0.717, 1.165) is 5.56 Å². The first-order valence-electron chi connectivity index (χ1n) is 2.98. The second-order valence-corrected chi connectivity index (χ2v) is 3.98. The van der Waals surface area contributed by atoms with E-state index in [-0.39, 0.29) is 0 Å². The fourth-order valence-electron chi connectivity index (χ4n) is 0.744. The standard InChI is InChI=1S/C7H7BrO2S/c1-5-2-3-6(8)7(4-5)11(9)10/h2-4H,1H3,(H,9,10).